The molecule has 5 nitrogen and oxygen atoms in total. The summed E-state index contributed by atoms with van der Waals surface area (Å²) in [6.07, 6.45) is -4.62. The molecule has 0 heterocycles. The summed E-state index contributed by atoms with van der Waals surface area (Å²) < 4.78 is 37.9. The summed E-state index contributed by atoms with van der Waals surface area (Å²) in [4.78, 5) is 21.3. The number of nitro groups is 1. The predicted molar refractivity (Wildman–Crippen MR) is 74.3 cm³/mol. The predicted octanol–water partition coefficient (Wildman–Crippen LogP) is 4.43. The van der Waals surface area contributed by atoms with Crippen molar-refractivity contribution in [3.8, 4) is 11.1 Å². The zero-order valence-electron chi connectivity index (χ0n) is 11.0. The lowest BCUT2D eigenvalue weighted by molar-refractivity contribution is -0.385. The van der Waals surface area contributed by atoms with Crippen molar-refractivity contribution in [3.05, 3.63) is 62.7 Å². The van der Waals surface area contributed by atoms with E-state index in [9.17, 15) is 33.2 Å². The summed E-state index contributed by atoms with van der Waals surface area (Å²) >= 11 is 5.80. The highest BCUT2D eigenvalue weighted by Crippen LogP contribution is 2.38. The number of halogens is 4. The molecule has 0 saturated heterocycles. The van der Waals surface area contributed by atoms with Gasteiger partial charge in [0.2, 0.25) is 0 Å². The van der Waals surface area contributed by atoms with Crippen molar-refractivity contribution in [1.29, 1.82) is 0 Å². The van der Waals surface area contributed by atoms with E-state index in [1.54, 1.807) is 0 Å². The van der Waals surface area contributed by atoms with Gasteiger partial charge in [-0.05, 0) is 24.3 Å². The number of nitro benzene ring substituents is 1. The van der Waals surface area contributed by atoms with Crippen LogP contribution in [0.5, 0.6) is 0 Å². The van der Waals surface area contributed by atoms with Crippen LogP contribution in [0.25, 0.3) is 11.1 Å². The number of benzene rings is 2. The molecule has 9 heteroatoms. The van der Waals surface area contributed by atoms with Gasteiger partial charge in [0.1, 0.15) is 5.56 Å². The van der Waals surface area contributed by atoms with Gasteiger partial charge in [0.05, 0.1) is 10.5 Å². The standard InChI is InChI=1S/C14H6ClF3NO4/c15-10-6-7(14(16,17)18)4-5-8(10)9-2-1-3-11(19(22)23)12(9)13(20)21/h1,3-6H,(H,20,21). The number of carboxylic acids is 1. The smallest absolute Gasteiger partial charge is 0.416 e. The molecule has 2 rings (SSSR count). The minimum atomic E-state index is -4.62. The lowest BCUT2D eigenvalue weighted by atomic mass is 9.97. The molecule has 0 aliphatic heterocycles. The summed E-state index contributed by atoms with van der Waals surface area (Å²) in [5, 5.41) is 19.7. The second kappa shape index (κ2) is 5.88. The molecule has 119 valence electrons. The van der Waals surface area contributed by atoms with Gasteiger partial charge in [-0.2, -0.15) is 13.2 Å². The zero-order valence-corrected chi connectivity index (χ0v) is 11.8. The highest BCUT2D eigenvalue weighted by molar-refractivity contribution is 6.33. The Kier molecular flexibility index (Phi) is 4.28. The Balaban J connectivity index is 2.70. The van der Waals surface area contributed by atoms with E-state index in [1.807, 2.05) is 0 Å². The number of alkyl halides is 3. The number of rotatable bonds is 3. The maximum absolute atomic E-state index is 12.6. The molecule has 0 aliphatic carbocycles. The first kappa shape index (κ1) is 16.8. The number of aromatic carboxylic acids is 1. The summed E-state index contributed by atoms with van der Waals surface area (Å²) in [5.74, 6) is -1.61. The molecular weight excluding hydrogens is 339 g/mol. The molecule has 1 radical (unpaired) electrons. The van der Waals surface area contributed by atoms with Gasteiger partial charge in [-0.25, -0.2) is 4.79 Å². The van der Waals surface area contributed by atoms with Gasteiger partial charge in [0, 0.05) is 22.2 Å². The third-order valence-electron chi connectivity index (χ3n) is 2.95. The molecule has 0 fully saturated rings. The highest BCUT2D eigenvalue weighted by atomic mass is 35.5. The molecule has 0 atom stereocenters. The summed E-state index contributed by atoms with van der Waals surface area (Å²) in [6.45, 7) is 0. The van der Waals surface area contributed by atoms with Gasteiger partial charge in [-0.15, -0.1) is 0 Å². The lowest BCUT2D eigenvalue weighted by Gasteiger charge is -2.11. The van der Waals surface area contributed by atoms with Crippen LogP contribution >= 0.6 is 11.6 Å². The fourth-order valence-electron chi connectivity index (χ4n) is 1.96. The molecular formula is C14H6ClF3NO4. The maximum Gasteiger partial charge on any atom is 0.416 e. The molecule has 0 bridgehead atoms. The van der Waals surface area contributed by atoms with Gasteiger partial charge in [0.15, 0.2) is 0 Å². The zero-order chi connectivity index (χ0) is 17.4. The Morgan fingerprint density at radius 2 is 1.96 bits per heavy atom. The lowest BCUT2D eigenvalue weighted by Crippen LogP contribution is -2.07. The van der Waals surface area contributed by atoms with Crippen molar-refractivity contribution in [2.24, 2.45) is 0 Å². The van der Waals surface area contributed by atoms with Crippen LogP contribution in [-0.4, -0.2) is 16.0 Å². The summed E-state index contributed by atoms with van der Waals surface area (Å²) in [6, 6.07) is 6.80. The van der Waals surface area contributed by atoms with Crippen LogP contribution in [-0.2, 0) is 6.18 Å². The maximum atomic E-state index is 12.6. The van der Waals surface area contributed by atoms with E-state index in [0.717, 1.165) is 18.2 Å². The summed E-state index contributed by atoms with van der Waals surface area (Å²) in [7, 11) is 0. The van der Waals surface area contributed by atoms with Crippen molar-refractivity contribution in [1.82, 2.24) is 0 Å². The van der Waals surface area contributed by atoms with Crippen molar-refractivity contribution >= 4 is 23.3 Å². The fourth-order valence-corrected chi connectivity index (χ4v) is 2.24. The van der Waals surface area contributed by atoms with Crippen LogP contribution in [0.4, 0.5) is 18.9 Å². The third kappa shape index (κ3) is 3.26. The normalized spacial score (nSPS) is 11.3. The van der Waals surface area contributed by atoms with Crippen molar-refractivity contribution in [2.75, 3.05) is 0 Å². The van der Waals surface area contributed by atoms with E-state index >= 15 is 0 Å². The topological polar surface area (TPSA) is 80.4 Å². The van der Waals surface area contributed by atoms with Crippen molar-refractivity contribution in [3.63, 3.8) is 0 Å². The molecule has 0 aromatic heterocycles. The van der Waals surface area contributed by atoms with Crippen LogP contribution in [0.1, 0.15) is 15.9 Å². The average Bonchev–Trinajstić information content (AvgIpc) is 2.45. The average molecular weight is 345 g/mol. The fraction of sp³-hybridized carbons (Fsp3) is 0.0714. The third-order valence-corrected chi connectivity index (χ3v) is 3.26. The van der Waals surface area contributed by atoms with Crippen molar-refractivity contribution < 1.29 is 28.0 Å². The molecule has 2 aromatic carbocycles. The van der Waals surface area contributed by atoms with Gasteiger partial charge < -0.3 is 5.11 Å². The number of carbonyl (C=O) groups is 1. The first-order valence-electron chi connectivity index (χ1n) is 5.92. The van der Waals surface area contributed by atoms with Gasteiger partial charge in [0.25, 0.3) is 5.69 Å². The molecule has 0 unspecified atom stereocenters. The minimum absolute atomic E-state index is 0.0965. The Morgan fingerprint density at radius 3 is 2.43 bits per heavy atom. The van der Waals surface area contributed by atoms with E-state index in [0.29, 0.717) is 12.1 Å². The number of nitrogens with zero attached hydrogens (tertiary/aromatic N) is 1. The minimum Gasteiger partial charge on any atom is -0.477 e. The molecule has 0 saturated carbocycles. The van der Waals surface area contributed by atoms with Gasteiger partial charge in [-0.1, -0.05) is 17.7 Å². The van der Waals surface area contributed by atoms with E-state index < -0.39 is 33.9 Å². The highest BCUT2D eigenvalue weighted by Gasteiger charge is 2.32. The largest absolute Gasteiger partial charge is 0.477 e. The first-order valence-corrected chi connectivity index (χ1v) is 6.30. The SMILES string of the molecule is O=C(O)c1c(-c2ccc(C(F)(F)F)cc2Cl)[c]ccc1[N+](=O)[O-]. The van der Waals surface area contributed by atoms with E-state index in [4.69, 9.17) is 11.6 Å². The second-order valence-corrected chi connectivity index (χ2v) is 4.77. The van der Waals surface area contributed by atoms with Crippen LogP contribution in [0, 0.1) is 16.2 Å². The second-order valence-electron chi connectivity index (χ2n) is 4.37. The Bertz CT molecular complexity index is 805. The molecule has 0 aliphatic rings. The Labute approximate surface area is 132 Å². The van der Waals surface area contributed by atoms with E-state index in [1.165, 1.54) is 0 Å². The molecule has 23 heavy (non-hydrogen) atoms. The molecule has 0 amide bonds. The monoisotopic (exact) mass is 344 g/mol. The molecule has 2 aromatic rings. The first-order chi connectivity index (χ1) is 10.6. The van der Waals surface area contributed by atoms with Gasteiger partial charge in [-0.3, -0.25) is 10.1 Å². The van der Waals surface area contributed by atoms with Crippen LogP contribution < -0.4 is 0 Å². The number of hydrogen-bond acceptors (Lipinski definition) is 3. The van der Waals surface area contributed by atoms with E-state index in [2.05, 4.69) is 6.07 Å². The number of carboxylic acid groups (broad SMARTS) is 1. The Hall–Kier alpha value is -2.61. The van der Waals surface area contributed by atoms with Crippen molar-refractivity contribution in [2.45, 2.75) is 6.18 Å². The summed E-state index contributed by atoms with van der Waals surface area (Å²) in [5.41, 5.74) is -2.78. The molecule has 0 spiro atoms. The van der Waals surface area contributed by atoms with Crippen LogP contribution in [0.3, 0.4) is 0 Å². The molecule has 1 N–H and O–H groups in total. The quantitative estimate of drug-likeness (QED) is 0.659. The van der Waals surface area contributed by atoms with Gasteiger partial charge >= 0.3 is 12.1 Å². The van der Waals surface area contributed by atoms with E-state index in [-0.39, 0.29) is 16.1 Å². The van der Waals surface area contributed by atoms with Crippen LogP contribution in [0.2, 0.25) is 5.02 Å². The number of hydrogen-bond donors (Lipinski definition) is 1. The van der Waals surface area contributed by atoms with Crippen LogP contribution in [0.15, 0.2) is 30.3 Å². The Morgan fingerprint density at radius 1 is 1.30 bits per heavy atom.